The van der Waals surface area contributed by atoms with Crippen LogP contribution in [0.3, 0.4) is 0 Å². The van der Waals surface area contributed by atoms with Gasteiger partial charge in [-0.05, 0) is 26.7 Å². The van der Waals surface area contributed by atoms with E-state index in [1.165, 1.54) is 7.11 Å². The van der Waals surface area contributed by atoms with E-state index in [0.29, 0.717) is 12.8 Å². The molecule has 0 radical (unpaired) electrons. The Morgan fingerprint density at radius 1 is 1.40 bits per heavy atom. The third kappa shape index (κ3) is 5.49. The minimum absolute atomic E-state index is 0.139. The molecule has 1 atom stereocenters. The lowest BCUT2D eigenvalue weighted by atomic mass is 9.98. The molecule has 92 valence electrons. The molecule has 1 N–H and O–H groups in total. The van der Waals surface area contributed by atoms with Crippen molar-refractivity contribution in [3.63, 3.8) is 0 Å². The van der Waals surface area contributed by atoms with Gasteiger partial charge >= 0.3 is 0 Å². The molecule has 0 heterocycles. The molecular formula is C10H22O4S. The maximum atomic E-state index is 11.2. The quantitative estimate of drug-likeness (QED) is 0.718. The van der Waals surface area contributed by atoms with Crippen molar-refractivity contribution in [3.05, 3.63) is 0 Å². The van der Waals surface area contributed by atoms with E-state index < -0.39 is 21.5 Å². The Morgan fingerprint density at radius 2 is 1.93 bits per heavy atom. The topological polar surface area (TPSA) is 63.6 Å². The van der Waals surface area contributed by atoms with Crippen LogP contribution < -0.4 is 0 Å². The number of rotatable bonds is 7. The molecule has 5 heteroatoms. The summed E-state index contributed by atoms with van der Waals surface area (Å²) in [6.45, 7) is 5.20. The van der Waals surface area contributed by atoms with Crippen molar-refractivity contribution < 1.29 is 18.3 Å². The van der Waals surface area contributed by atoms with Crippen LogP contribution in [0, 0.1) is 0 Å². The summed E-state index contributed by atoms with van der Waals surface area (Å²) < 4.78 is 27.5. The van der Waals surface area contributed by atoms with Gasteiger partial charge in [-0.1, -0.05) is 6.92 Å². The predicted molar refractivity (Wildman–Crippen MR) is 60.7 cm³/mol. The zero-order chi connectivity index (χ0) is 12.1. The van der Waals surface area contributed by atoms with E-state index in [2.05, 4.69) is 0 Å². The third-order valence-corrected chi connectivity index (χ3v) is 4.49. The van der Waals surface area contributed by atoms with Gasteiger partial charge in [-0.25, -0.2) is 8.42 Å². The number of aliphatic hydroxyl groups excluding tert-OH is 1. The maximum absolute atomic E-state index is 11.2. The van der Waals surface area contributed by atoms with Gasteiger partial charge in [0.2, 0.25) is 0 Å². The van der Waals surface area contributed by atoms with Crippen molar-refractivity contribution in [1.82, 2.24) is 0 Å². The van der Waals surface area contributed by atoms with E-state index in [0.717, 1.165) is 0 Å². The maximum Gasteiger partial charge on any atom is 0.150 e. The van der Waals surface area contributed by atoms with E-state index in [4.69, 9.17) is 4.74 Å². The average Bonchev–Trinajstić information content (AvgIpc) is 2.17. The summed E-state index contributed by atoms with van der Waals surface area (Å²) in [6, 6.07) is 0. The molecule has 0 rings (SSSR count). The van der Waals surface area contributed by atoms with Gasteiger partial charge < -0.3 is 9.84 Å². The largest absolute Gasteiger partial charge is 0.390 e. The lowest BCUT2D eigenvalue weighted by molar-refractivity contribution is -0.0800. The molecule has 1 unspecified atom stereocenters. The Kier molecular flexibility index (Phi) is 5.77. The molecule has 4 nitrogen and oxygen atoms in total. The standard InChI is InChI=1S/C10H22O4S/c1-5-15(12,13)8-6-7-9(11)10(2,3)14-4/h9,11H,5-8H2,1-4H3. The number of aliphatic hydroxyl groups is 1. The van der Waals surface area contributed by atoms with Gasteiger partial charge in [0, 0.05) is 12.9 Å². The fourth-order valence-corrected chi connectivity index (χ4v) is 2.02. The number of hydrogen-bond donors (Lipinski definition) is 1. The summed E-state index contributed by atoms with van der Waals surface area (Å²) in [4.78, 5) is 0. The van der Waals surface area contributed by atoms with E-state index in [1.54, 1.807) is 20.8 Å². The summed E-state index contributed by atoms with van der Waals surface area (Å²) in [7, 11) is -1.39. The summed E-state index contributed by atoms with van der Waals surface area (Å²) >= 11 is 0. The van der Waals surface area contributed by atoms with Crippen LogP contribution >= 0.6 is 0 Å². The second kappa shape index (κ2) is 5.82. The van der Waals surface area contributed by atoms with E-state index in [9.17, 15) is 13.5 Å². The first-order valence-corrected chi connectivity index (χ1v) is 7.01. The van der Waals surface area contributed by atoms with E-state index >= 15 is 0 Å². The number of sulfone groups is 1. The molecule has 0 bridgehead atoms. The van der Waals surface area contributed by atoms with Crippen molar-refractivity contribution in [3.8, 4) is 0 Å². The number of hydrogen-bond acceptors (Lipinski definition) is 4. The Hall–Kier alpha value is -0.130. The van der Waals surface area contributed by atoms with Crippen molar-refractivity contribution in [2.45, 2.75) is 45.3 Å². The van der Waals surface area contributed by atoms with Crippen LogP contribution in [0.2, 0.25) is 0 Å². The molecular weight excluding hydrogens is 216 g/mol. The lowest BCUT2D eigenvalue weighted by Gasteiger charge is -2.28. The molecule has 0 aliphatic heterocycles. The summed E-state index contributed by atoms with van der Waals surface area (Å²) in [5.41, 5.74) is -0.615. The van der Waals surface area contributed by atoms with Gasteiger partial charge in [-0.15, -0.1) is 0 Å². The van der Waals surface area contributed by atoms with Crippen LogP contribution in [0.15, 0.2) is 0 Å². The van der Waals surface area contributed by atoms with Gasteiger partial charge in [0.05, 0.1) is 17.5 Å². The number of methoxy groups -OCH3 is 1. The second-order valence-electron chi connectivity index (χ2n) is 4.20. The highest BCUT2D eigenvalue weighted by atomic mass is 32.2. The normalized spacial score (nSPS) is 15.3. The molecule has 0 aromatic heterocycles. The first-order valence-electron chi connectivity index (χ1n) is 5.19. The Labute approximate surface area is 92.6 Å². The van der Waals surface area contributed by atoms with Crippen LogP contribution in [-0.4, -0.2) is 43.8 Å². The molecule has 0 amide bonds. The Morgan fingerprint density at radius 3 is 2.33 bits per heavy atom. The smallest absolute Gasteiger partial charge is 0.150 e. The molecule has 15 heavy (non-hydrogen) atoms. The summed E-state index contributed by atoms with van der Waals surface area (Å²) in [5.74, 6) is 0.303. The Balaban J connectivity index is 3.98. The summed E-state index contributed by atoms with van der Waals surface area (Å²) in [6.07, 6.45) is 0.291. The van der Waals surface area contributed by atoms with Crippen LogP contribution in [0.5, 0.6) is 0 Å². The van der Waals surface area contributed by atoms with Crippen molar-refractivity contribution >= 4 is 9.84 Å². The van der Waals surface area contributed by atoms with Crippen molar-refractivity contribution in [2.24, 2.45) is 0 Å². The molecule has 0 aliphatic rings. The van der Waals surface area contributed by atoms with Crippen LogP contribution in [-0.2, 0) is 14.6 Å². The molecule has 0 saturated heterocycles. The SMILES string of the molecule is CCS(=O)(=O)CCCC(O)C(C)(C)OC. The molecule has 0 aliphatic carbocycles. The van der Waals surface area contributed by atoms with Crippen molar-refractivity contribution in [2.75, 3.05) is 18.6 Å². The van der Waals surface area contributed by atoms with Crippen molar-refractivity contribution in [1.29, 1.82) is 0 Å². The van der Waals surface area contributed by atoms with E-state index in [-0.39, 0.29) is 11.5 Å². The van der Waals surface area contributed by atoms with Gasteiger partial charge in [-0.2, -0.15) is 0 Å². The highest BCUT2D eigenvalue weighted by Gasteiger charge is 2.27. The third-order valence-electron chi connectivity index (χ3n) is 2.70. The second-order valence-corrected chi connectivity index (χ2v) is 6.67. The minimum Gasteiger partial charge on any atom is -0.390 e. The lowest BCUT2D eigenvalue weighted by Crippen LogP contribution is -2.38. The van der Waals surface area contributed by atoms with Crippen LogP contribution in [0.25, 0.3) is 0 Å². The molecule has 0 spiro atoms. The minimum atomic E-state index is -2.92. The first-order chi connectivity index (χ1) is 6.75. The average molecular weight is 238 g/mol. The zero-order valence-corrected chi connectivity index (χ0v) is 10.8. The molecule has 0 fully saturated rings. The molecule has 0 saturated carbocycles. The summed E-state index contributed by atoms with van der Waals surface area (Å²) in [5, 5.41) is 9.73. The van der Waals surface area contributed by atoms with Gasteiger partial charge in [0.15, 0.2) is 0 Å². The predicted octanol–water partition coefficient (Wildman–Crippen LogP) is 0.987. The van der Waals surface area contributed by atoms with Crippen LogP contribution in [0.1, 0.15) is 33.6 Å². The van der Waals surface area contributed by atoms with E-state index in [1.807, 2.05) is 0 Å². The van der Waals surface area contributed by atoms with Gasteiger partial charge in [0.25, 0.3) is 0 Å². The monoisotopic (exact) mass is 238 g/mol. The number of ether oxygens (including phenoxy) is 1. The van der Waals surface area contributed by atoms with Crippen LogP contribution in [0.4, 0.5) is 0 Å². The zero-order valence-electron chi connectivity index (χ0n) is 9.99. The highest BCUT2D eigenvalue weighted by Crippen LogP contribution is 2.18. The van der Waals surface area contributed by atoms with Gasteiger partial charge in [-0.3, -0.25) is 0 Å². The van der Waals surface area contributed by atoms with Gasteiger partial charge in [0.1, 0.15) is 9.84 Å². The first kappa shape index (κ1) is 14.9. The highest BCUT2D eigenvalue weighted by molar-refractivity contribution is 7.91. The fraction of sp³-hybridized carbons (Fsp3) is 1.00. The molecule has 0 aromatic rings. The Bertz CT molecular complexity index is 269. The molecule has 0 aromatic carbocycles. The fourth-order valence-electron chi connectivity index (χ4n) is 1.12.